The second-order valence-corrected chi connectivity index (χ2v) is 6.91. The number of hydrogen-bond donors (Lipinski definition) is 2. The van der Waals surface area contributed by atoms with Crippen molar-refractivity contribution in [2.24, 2.45) is 0 Å². The van der Waals surface area contributed by atoms with E-state index < -0.39 is 6.10 Å². The van der Waals surface area contributed by atoms with Crippen molar-refractivity contribution in [2.45, 2.75) is 77.2 Å². The number of carbonyl (C=O) groups excluding carboxylic acids is 2. The number of unbranched alkanes of at least 4 members (excludes halogenated alkanes) is 5. The van der Waals surface area contributed by atoms with Crippen LogP contribution >= 0.6 is 0 Å². The van der Waals surface area contributed by atoms with Crippen LogP contribution in [0.4, 0.5) is 5.82 Å². The van der Waals surface area contributed by atoms with Gasteiger partial charge in [-0.3, -0.25) is 9.59 Å². The predicted octanol–water partition coefficient (Wildman–Crippen LogP) is 4.49. The Morgan fingerprint density at radius 2 is 1.89 bits per heavy atom. The monoisotopic (exact) mass is 390 g/mol. The lowest BCUT2D eigenvalue weighted by molar-refractivity contribution is -0.140. The van der Waals surface area contributed by atoms with E-state index in [0.29, 0.717) is 17.9 Å². The van der Waals surface area contributed by atoms with Gasteiger partial charge in [0.15, 0.2) is 0 Å². The maximum Gasteiger partial charge on any atom is 0.305 e. The molecular formula is C22H34N2O4. The van der Waals surface area contributed by atoms with Gasteiger partial charge in [-0.15, -0.1) is 0 Å². The van der Waals surface area contributed by atoms with Gasteiger partial charge in [0.1, 0.15) is 5.82 Å². The molecule has 0 aromatic carbocycles. The molecule has 6 heteroatoms. The van der Waals surface area contributed by atoms with Crippen molar-refractivity contribution in [3.05, 3.63) is 30.0 Å². The Morgan fingerprint density at radius 1 is 1.14 bits per heavy atom. The maximum atomic E-state index is 11.9. The largest absolute Gasteiger partial charge is 0.469 e. The van der Waals surface area contributed by atoms with E-state index in [0.717, 1.165) is 19.3 Å². The Balaban J connectivity index is 2.35. The standard InChI is InChI=1S/C22H34N2O4/c1-3-4-5-6-7-8-12-19(25)17-16-18-11-9-13-20(23-18)24-21(26)14-10-15-22(27)28-2/h9,11,13,16-17,19,25H,3-8,10,12,14-15H2,1-2H3,(H,23,24,26)/b17-16+/t19-/m0/s1. The van der Waals surface area contributed by atoms with E-state index >= 15 is 0 Å². The maximum absolute atomic E-state index is 11.9. The average Bonchev–Trinajstić information content (AvgIpc) is 2.69. The van der Waals surface area contributed by atoms with E-state index in [1.165, 1.54) is 32.8 Å². The van der Waals surface area contributed by atoms with Crippen LogP contribution in [0, 0.1) is 0 Å². The van der Waals surface area contributed by atoms with Crippen molar-refractivity contribution in [1.82, 2.24) is 4.98 Å². The molecule has 2 N–H and O–H groups in total. The zero-order chi connectivity index (χ0) is 20.6. The first-order valence-corrected chi connectivity index (χ1v) is 10.2. The number of nitrogens with zero attached hydrogens (tertiary/aromatic N) is 1. The summed E-state index contributed by atoms with van der Waals surface area (Å²) < 4.78 is 4.55. The summed E-state index contributed by atoms with van der Waals surface area (Å²) in [6.45, 7) is 2.20. The van der Waals surface area contributed by atoms with E-state index in [1.54, 1.807) is 24.3 Å². The summed E-state index contributed by atoms with van der Waals surface area (Å²) in [4.78, 5) is 27.3. The number of anilines is 1. The van der Waals surface area contributed by atoms with Gasteiger partial charge < -0.3 is 15.2 Å². The predicted molar refractivity (Wildman–Crippen MR) is 112 cm³/mol. The van der Waals surface area contributed by atoms with Crippen molar-refractivity contribution in [3.63, 3.8) is 0 Å². The number of aliphatic hydroxyl groups is 1. The second-order valence-electron chi connectivity index (χ2n) is 6.91. The third-order valence-electron chi connectivity index (χ3n) is 4.39. The molecule has 156 valence electrons. The minimum absolute atomic E-state index is 0.194. The van der Waals surface area contributed by atoms with Crippen molar-refractivity contribution in [3.8, 4) is 0 Å². The van der Waals surface area contributed by atoms with Gasteiger partial charge in [-0.2, -0.15) is 0 Å². The minimum atomic E-state index is -0.482. The lowest BCUT2D eigenvalue weighted by Gasteiger charge is -2.06. The summed E-state index contributed by atoms with van der Waals surface area (Å²) in [5, 5.41) is 12.8. The zero-order valence-electron chi connectivity index (χ0n) is 17.2. The van der Waals surface area contributed by atoms with Crippen molar-refractivity contribution >= 4 is 23.8 Å². The molecule has 0 aliphatic rings. The summed E-state index contributed by atoms with van der Waals surface area (Å²) in [6, 6.07) is 5.33. The molecule has 0 spiro atoms. The highest BCUT2D eigenvalue weighted by Crippen LogP contribution is 2.12. The smallest absolute Gasteiger partial charge is 0.305 e. The summed E-state index contributed by atoms with van der Waals surface area (Å²) in [6.07, 6.45) is 11.9. The van der Waals surface area contributed by atoms with Gasteiger partial charge in [0, 0.05) is 12.8 Å². The summed E-state index contributed by atoms with van der Waals surface area (Å²) in [7, 11) is 1.33. The van der Waals surface area contributed by atoms with E-state index in [1.807, 2.05) is 6.07 Å². The van der Waals surface area contributed by atoms with Gasteiger partial charge in [0.25, 0.3) is 0 Å². The van der Waals surface area contributed by atoms with Crippen LogP contribution in [-0.2, 0) is 14.3 Å². The number of carbonyl (C=O) groups is 2. The third kappa shape index (κ3) is 11.5. The van der Waals surface area contributed by atoms with Crippen molar-refractivity contribution in [2.75, 3.05) is 12.4 Å². The van der Waals surface area contributed by atoms with E-state index in [9.17, 15) is 14.7 Å². The Hall–Kier alpha value is -2.21. The van der Waals surface area contributed by atoms with Crippen LogP contribution in [0.25, 0.3) is 6.08 Å². The molecule has 0 saturated heterocycles. The summed E-state index contributed by atoms with van der Waals surface area (Å²) >= 11 is 0. The van der Waals surface area contributed by atoms with Crippen LogP contribution in [-0.4, -0.2) is 35.2 Å². The summed E-state index contributed by atoms with van der Waals surface area (Å²) in [5.74, 6) is -0.0613. The summed E-state index contributed by atoms with van der Waals surface area (Å²) in [5.41, 5.74) is 0.675. The molecule has 0 fully saturated rings. The fraction of sp³-hybridized carbons (Fsp3) is 0.591. The van der Waals surface area contributed by atoms with Gasteiger partial charge in [-0.25, -0.2) is 4.98 Å². The molecule has 0 unspecified atom stereocenters. The Bertz CT molecular complexity index is 616. The second kappa shape index (κ2) is 14.8. The lowest BCUT2D eigenvalue weighted by Crippen LogP contribution is -2.13. The van der Waals surface area contributed by atoms with Crippen LogP contribution in [0.3, 0.4) is 0 Å². The number of pyridine rings is 1. The fourth-order valence-corrected chi connectivity index (χ4v) is 2.75. The highest BCUT2D eigenvalue weighted by atomic mass is 16.5. The molecular weight excluding hydrogens is 356 g/mol. The Kier molecular flexibility index (Phi) is 12.6. The number of esters is 1. The number of nitrogens with one attached hydrogen (secondary N) is 1. The molecule has 0 bridgehead atoms. The molecule has 0 aliphatic heterocycles. The highest BCUT2D eigenvalue weighted by molar-refractivity contribution is 5.90. The first-order chi connectivity index (χ1) is 13.5. The number of ether oxygens (including phenoxy) is 1. The molecule has 1 rings (SSSR count). The molecule has 28 heavy (non-hydrogen) atoms. The zero-order valence-corrected chi connectivity index (χ0v) is 17.2. The van der Waals surface area contributed by atoms with Gasteiger partial charge in [0.05, 0.1) is 18.9 Å². The molecule has 0 saturated carbocycles. The van der Waals surface area contributed by atoms with Gasteiger partial charge in [0.2, 0.25) is 5.91 Å². The van der Waals surface area contributed by atoms with Crippen LogP contribution in [0.2, 0.25) is 0 Å². The third-order valence-corrected chi connectivity index (χ3v) is 4.39. The number of hydrogen-bond acceptors (Lipinski definition) is 5. The number of rotatable bonds is 14. The SMILES string of the molecule is CCCCCCCC[C@H](O)/C=C/c1cccc(NC(=O)CCCC(=O)OC)n1. The van der Waals surface area contributed by atoms with Crippen LogP contribution in [0.1, 0.15) is 76.8 Å². The lowest BCUT2D eigenvalue weighted by atomic mass is 10.1. The molecule has 1 amide bonds. The average molecular weight is 391 g/mol. The number of aliphatic hydroxyl groups excluding tert-OH is 1. The first-order valence-electron chi connectivity index (χ1n) is 10.2. The highest BCUT2D eigenvalue weighted by Gasteiger charge is 2.06. The van der Waals surface area contributed by atoms with Crippen LogP contribution < -0.4 is 5.32 Å². The molecule has 0 aliphatic carbocycles. The van der Waals surface area contributed by atoms with E-state index in [-0.39, 0.29) is 24.7 Å². The number of methoxy groups -OCH3 is 1. The molecule has 1 atom stereocenters. The molecule has 0 radical (unpaired) electrons. The Morgan fingerprint density at radius 3 is 2.64 bits per heavy atom. The van der Waals surface area contributed by atoms with Crippen molar-refractivity contribution < 1.29 is 19.4 Å². The topological polar surface area (TPSA) is 88.5 Å². The van der Waals surface area contributed by atoms with E-state index in [4.69, 9.17) is 0 Å². The molecule has 6 nitrogen and oxygen atoms in total. The number of aromatic nitrogens is 1. The minimum Gasteiger partial charge on any atom is -0.469 e. The molecule has 1 aromatic heterocycles. The van der Waals surface area contributed by atoms with Crippen LogP contribution in [0.5, 0.6) is 0 Å². The normalized spacial score (nSPS) is 12.1. The van der Waals surface area contributed by atoms with E-state index in [2.05, 4.69) is 22.0 Å². The molecule has 1 aromatic rings. The first kappa shape index (κ1) is 23.8. The number of amides is 1. The molecule has 1 heterocycles. The van der Waals surface area contributed by atoms with Gasteiger partial charge >= 0.3 is 5.97 Å². The van der Waals surface area contributed by atoms with Gasteiger partial charge in [-0.1, -0.05) is 57.6 Å². The quantitative estimate of drug-likeness (QED) is 0.361. The van der Waals surface area contributed by atoms with Crippen LogP contribution in [0.15, 0.2) is 24.3 Å². The van der Waals surface area contributed by atoms with Gasteiger partial charge in [-0.05, 0) is 31.1 Å². The fourth-order valence-electron chi connectivity index (χ4n) is 2.75. The Labute approximate surface area is 168 Å². The van der Waals surface area contributed by atoms with Crippen molar-refractivity contribution in [1.29, 1.82) is 0 Å².